The molecule has 0 unspecified atom stereocenters. The molecule has 0 aromatic rings. The van der Waals surface area contributed by atoms with Crippen molar-refractivity contribution in [1.29, 1.82) is 0 Å². The van der Waals surface area contributed by atoms with Crippen LogP contribution in [0.3, 0.4) is 0 Å². The number of hydrogen-bond acceptors (Lipinski definition) is 3. The van der Waals surface area contributed by atoms with Crippen LogP contribution in [0.4, 0.5) is 0 Å². The van der Waals surface area contributed by atoms with E-state index in [1.54, 1.807) is 6.08 Å². The molecule has 0 aliphatic carbocycles. The third kappa shape index (κ3) is 29.8. The van der Waals surface area contributed by atoms with Crippen molar-refractivity contribution in [3.63, 3.8) is 0 Å². The number of carbonyl (C=O) groups excluding carboxylic acids is 1. The lowest BCUT2D eigenvalue weighted by Crippen LogP contribution is -2.28. The summed E-state index contributed by atoms with van der Waals surface area (Å²) < 4.78 is 0. The second-order valence-corrected chi connectivity index (χ2v) is 13.4. The van der Waals surface area contributed by atoms with E-state index in [1.165, 1.54) is 167 Å². The summed E-state index contributed by atoms with van der Waals surface area (Å²) in [4.78, 5) is 19.1. The van der Waals surface area contributed by atoms with Gasteiger partial charge in [0.2, 0.25) is 5.91 Å². The Kier molecular flexibility index (Phi) is 34.5. The van der Waals surface area contributed by atoms with Crippen LogP contribution < -0.4 is 5.32 Å². The molecular formula is C40H76ClN3O. The number of rotatable bonds is 33. The second kappa shape index (κ2) is 35.6. The summed E-state index contributed by atoms with van der Waals surface area (Å²) >= 11 is 0. The van der Waals surface area contributed by atoms with Crippen molar-refractivity contribution in [1.82, 2.24) is 10.2 Å². The largest absolute Gasteiger partial charge is 0.352 e. The summed E-state index contributed by atoms with van der Waals surface area (Å²) in [5, 5.41) is 3.04. The van der Waals surface area contributed by atoms with Crippen molar-refractivity contribution in [2.45, 2.75) is 200 Å². The van der Waals surface area contributed by atoms with Crippen LogP contribution >= 0.6 is 12.4 Å². The van der Waals surface area contributed by atoms with E-state index < -0.39 is 0 Å². The van der Waals surface area contributed by atoms with Crippen LogP contribution in [0.15, 0.2) is 29.4 Å². The highest BCUT2D eigenvalue weighted by Gasteiger charge is 2.13. The minimum Gasteiger partial charge on any atom is -0.352 e. The fourth-order valence-corrected chi connectivity index (χ4v) is 6.20. The van der Waals surface area contributed by atoms with Gasteiger partial charge in [0.1, 0.15) is 5.84 Å². The highest BCUT2D eigenvalue weighted by atomic mass is 35.5. The lowest BCUT2D eigenvalue weighted by atomic mass is 10.0. The van der Waals surface area contributed by atoms with Crippen LogP contribution in [0.25, 0.3) is 0 Å². The first-order valence-corrected chi connectivity index (χ1v) is 19.7. The Balaban J connectivity index is 0.0000194. The Morgan fingerprint density at radius 3 is 1.47 bits per heavy atom. The predicted octanol–water partition coefficient (Wildman–Crippen LogP) is 12.7. The molecule has 1 aliphatic rings. The topological polar surface area (TPSA) is 44.7 Å². The standard InChI is InChI=1S/C40H75N3O.ClH/c1-3-5-7-9-11-13-15-17-19-21-23-25-27-29-31-33-40(44)42-35-34-39-41-36-38-43(39)37-32-30-28-26-24-22-20-18-16-14-12-10-8-6-4-2;/h31-33,37H,3-30,34-36,38H2,1-2H3,(H,42,44);1H. The Morgan fingerprint density at radius 2 is 1.02 bits per heavy atom. The molecule has 0 fully saturated rings. The number of carbonyl (C=O) groups is 1. The molecule has 0 aromatic heterocycles. The van der Waals surface area contributed by atoms with Crippen LogP contribution in [0, 0.1) is 0 Å². The van der Waals surface area contributed by atoms with E-state index in [2.05, 4.69) is 41.3 Å². The average Bonchev–Trinajstić information content (AvgIpc) is 3.48. The van der Waals surface area contributed by atoms with E-state index >= 15 is 0 Å². The molecule has 1 heterocycles. The van der Waals surface area contributed by atoms with Gasteiger partial charge in [0, 0.05) is 25.7 Å². The molecule has 0 aromatic carbocycles. The van der Waals surface area contributed by atoms with Crippen LogP contribution in [0.2, 0.25) is 0 Å². The van der Waals surface area contributed by atoms with Gasteiger partial charge in [-0.05, 0) is 31.8 Å². The van der Waals surface area contributed by atoms with Gasteiger partial charge in [0.15, 0.2) is 0 Å². The Hall–Kier alpha value is -1.29. The number of halogens is 1. The molecule has 0 spiro atoms. The Morgan fingerprint density at radius 1 is 0.622 bits per heavy atom. The molecular weight excluding hydrogens is 574 g/mol. The molecule has 4 nitrogen and oxygen atoms in total. The van der Waals surface area contributed by atoms with Crippen molar-refractivity contribution in [2.24, 2.45) is 4.99 Å². The van der Waals surface area contributed by atoms with Gasteiger partial charge in [-0.25, -0.2) is 0 Å². The van der Waals surface area contributed by atoms with Gasteiger partial charge in [-0.3, -0.25) is 9.79 Å². The normalized spacial score (nSPS) is 13.2. The lowest BCUT2D eigenvalue weighted by molar-refractivity contribution is -0.116. The summed E-state index contributed by atoms with van der Waals surface area (Å²) in [7, 11) is 0. The van der Waals surface area contributed by atoms with Gasteiger partial charge in [0.25, 0.3) is 0 Å². The first-order valence-electron chi connectivity index (χ1n) is 19.7. The second-order valence-electron chi connectivity index (χ2n) is 13.4. The third-order valence-electron chi connectivity index (χ3n) is 9.12. The first-order chi connectivity index (χ1) is 21.8. The molecule has 0 bridgehead atoms. The van der Waals surface area contributed by atoms with Gasteiger partial charge < -0.3 is 10.2 Å². The molecule has 1 amide bonds. The van der Waals surface area contributed by atoms with Crippen LogP contribution in [-0.4, -0.2) is 36.3 Å². The number of allylic oxidation sites excluding steroid dienone is 2. The van der Waals surface area contributed by atoms with Crippen molar-refractivity contribution in [3.8, 4) is 0 Å². The van der Waals surface area contributed by atoms with Crippen LogP contribution in [-0.2, 0) is 4.79 Å². The van der Waals surface area contributed by atoms with Crippen molar-refractivity contribution in [2.75, 3.05) is 19.6 Å². The minimum atomic E-state index is 0. The molecule has 0 saturated carbocycles. The molecule has 0 atom stereocenters. The maximum absolute atomic E-state index is 12.2. The van der Waals surface area contributed by atoms with Gasteiger partial charge in [-0.2, -0.15) is 0 Å². The van der Waals surface area contributed by atoms with Gasteiger partial charge in [-0.1, -0.05) is 180 Å². The van der Waals surface area contributed by atoms with Crippen molar-refractivity contribution in [3.05, 3.63) is 24.4 Å². The van der Waals surface area contributed by atoms with Crippen molar-refractivity contribution >= 4 is 24.1 Å². The zero-order chi connectivity index (χ0) is 31.6. The summed E-state index contributed by atoms with van der Waals surface area (Å²) in [6, 6.07) is 0. The van der Waals surface area contributed by atoms with E-state index in [9.17, 15) is 4.79 Å². The number of amidine groups is 1. The van der Waals surface area contributed by atoms with Crippen LogP contribution in [0.5, 0.6) is 0 Å². The molecule has 1 aliphatic heterocycles. The summed E-state index contributed by atoms with van der Waals surface area (Å²) in [5.74, 6) is 1.14. The molecule has 5 heteroatoms. The fourth-order valence-electron chi connectivity index (χ4n) is 6.20. The smallest absolute Gasteiger partial charge is 0.243 e. The third-order valence-corrected chi connectivity index (χ3v) is 9.12. The molecule has 0 radical (unpaired) electrons. The predicted molar refractivity (Wildman–Crippen MR) is 203 cm³/mol. The van der Waals surface area contributed by atoms with Gasteiger partial charge in [-0.15, -0.1) is 12.4 Å². The zero-order valence-electron chi connectivity index (χ0n) is 30.1. The highest BCUT2D eigenvalue weighted by molar-refractivity contribution is 5.89. The number of nitrogens with one attached hydrogen (secondary N) is 1. The Bertz CT molecular complexity index is 720. The summed E-state index contributed by atoms with van der Waals surface area (Å²) in [6.45, 7) is 7.07. The first kappa shape index (κ1) is 43.7. The average molecular weight is 651 g/mol. The summed E-state index contributed by atoms with van der Waals surface area (Å²) in [5.41, 5.74) is 0. The quantitative estimate of drug-likeness (QED) is 0.0568. The number of unbranched alkanes of at least 4 members (excludes halogenated alkanes) is 26. The van der Waals surface area contributed by atoms with E-state index in [0.29, 0.717) is 6.54 Å². The van der Waals surface area contributed by atoms with E-state index in [0.717, 1.165) is 38.2 Å². The maximum Gasteiger partial charge on any atom is 0.243 e. The van der Waals surface area contributed by atoms with E-state index in [1.807, 2.05) is 6.08 Å². The molecule has 1 rings (SSSR count). The number of aliphatic imine (C=N–C) groups is 1. The number of hydrogen-bond donors (Lipinski definition) is 1. The molecule has 0 saturated heterocycles. The molecule has 264 valence electrons. The monoisotopic (exact) mass is 650 g/mol. The van der Waals surface area contributed by atoms with Gasteiger partial charge >= 0.3 is 0 Å². The molecule has 45 heavy (non-hydrogen) atoms. The zero-order valence-corrected chi connectivity index (χ0v) is 31.0. The van der Waals surface area contributed by atoms with E-state index in [4.69, 9.17) is 0 Å². The van der Waals surface area contributed by atoms with Gasteiger partial charge in [0.05, 0.1) is 6.54 Å². The summed E-state index contributed by atoms with van der Waals surface area (Å²) in [6.07, 6.45) is 47.4. The minimum absolute atomic E-state index is 0. The lowest BCUT2D eigenvalue weighted by Gasteiger charge is -2.15. The Labute approximate surface area is 287 Å². The van der Waals surface area contributed by atoms with Crippen molar-refractivity contribution < 1.29 is 4.79 Å². The maximum atomic E-state index is 12.2. The highest BCUT2D eigenvalue weighted by Crippen LogP contribution is 2.15. The van der Waals surface area contributed by atoms with Crippen LogP contribution in [0.1, 0.15) is 200 Å². The SMILES string of the molecule is CCCCCCCCCCCCCCCC=CC(=O)NCCC1=NCCN1C=CCCCCCCCCCCCCCCC.Cl. The number of nitrogens with zero attached hydrogens (tertiary/aromatic N) is 2. The number of amides is 1. The van der Waals surface area contributed by atoms with E-state index in [-0.39, 0.29) is 18.3 Å². The fraction of sp³-hybridized carbons (Fsp3) is 0.850. The molecule has 1 N–H and O–H groups in total.